The maximum atomic E-state index is 11.7. The molecule has 1 heterocycles. The highest BCUT2D eigenvalue weighted by atomic mass is 16.7. The predicted molar refractivity (Wildman–Crippen MR) is 167 cm³/mol. The molecule has 0 radical (unpaired) electrons. The molecule has 0 aromatic heterocycles. The Bertz CT molecular complexity index is 1100. The summed E-state index contributed by atoms with van der Waals surface area (Å²) in [7, 11) is 0. The van der Waals surface area contributed by atoms with E-state index < -0.39 is 42.8 Å². The number of aliphatic hydroxyl groups is 4. The van der Waals surface area contributed by atoms with Crippen LogP contribution in [0.1, 0.15) is 99.8 Å². The van der Waals surface area contributed by atoms with Gasteiger partial charge in [0.1, 0.15) is 12.2 Å². The second-order valence-corrected chi connectivity index (χ2v) is 15.9. The molecule has 5 aliphatic rings. The van der Waals surface area contributed by atoms with Gasteiger partial charge in [-0.15, -0.1) is 0 Å². The van der Waals surface area contributed by atoms with Gasteiger partial charge in [0.05, 0.1) is 24.4 Å². The molecule has 4 aliphatic carbocycles. The van der Waals surface area contributed by atoms with Gasteiger partial charge in [0.15, 0.2) is 12.4 Å². The molecule has 5 rings (SSSR count). The highest BCUT2D eigenvalue weighted by molar-refractivity contribution is 5.66. The first-order valence-corrected chi connectivity index (χ1v) is 17.2. The molecule has 0 aromatic rings. The summed E-state index contributed by atoms with van der Waals surface area (Å²) in [5.41, 5.74) is 2.43. The Morgan fingerprint density at radius 3 is 2.45 bits per heavy atom. The standard InChI is InChI=1S/C36H58O8/c1-18(2)19(3)9-10-20(4)30-28(39)17-26-29-25(12-14-36(26,30)8)35(7)13-11-24(15-23(35)16-27(29)38)44-34-32(41)31(40)33(21(5)42-34)43-22(6)37/h16,18,20-21,24-34,38-41H,3,9-15,17H2,1-2,4-8H3/t20-,21+,24+,25+,26+,27+,28+,29-,30+,31+,32+,33-,34+,35+,36+/m1/s1. The van der Waals surface area contributed by atoms with Crippen molar-refractivity contribution >= 4 is 5.97 Å². The van der Waals surface area contributed by atoms with Crippen LogP contribution in [0.5, 0.6) is 0 Å². The van der Waals surface area contributed by atoms with Crippen LogP contribution in [0.15, 0.2) is 23.8 Å². The monoisotopic (exact) mass is 618 g/mol. The summed E-state index contributed by atoms with van der Waals surface area (Å²) in [5, 5.41) is 44.6. The van der Waals surface area contributed by atoms with Crippen molar-refractivity contribution < 1.29 is 39.4 Å². The van der Waals surface area contributed by atoms with Gasteiger partial charge in [-0.3, -0.25) is 4.79 Å². The van der Waals surface area contributed by atoms with E-state index in [1.165, 1.54) is 18.1 Å². The Labute approximate surface area is 264 Å². The highest BCUT2D eigenvalue weighted by Crippen LogP contribution is 2.67. The van der Waals surface area contributed by atoms with E-state index in [0.717, 1.165) is 44.9 Å². The van der Waals surface area contributed by atoms with Crippen LogP contribution in [0, 0.1) is 46.3 Å². The summed E-state index contributed by atoms with van der Waals surface area (Å²) < 4.78 is 17.3. The Kier molecular flexibility index (Phi) is 9.85. The first-order valence-electron chi connectivity index (χ1n) is 17.2. The van der Waals surface area contributed by atoms with Crippen molar-refractivity contribution in [1.29, 1.82) is 0 Å². The molecular weight excluding hydrogens is 560 g/mol. The number of rotatable bonds is 8. The minimum atomic E-state index is -1.34. The summed E-state index contributed by atoms with van der Waals surface area (Å²) >= 11 is 0. The van der Waals surface area contributed by atoms with Crippen LogP contribution >= 0.6 is 0 Å². The fourth-order valence-electron chi connectivity index (χ4n) is 10.4. The highest BCUT2D eigenvalue weighted by Gasteiger charge is 2.63. The molecule has 15 atom stereocenters. The van der Waals surface area contributed by atoms with Gasteiger partial charge in [0.25, 0.3) is 0 Å². The van der Waals surface area contributed by atoms with Crippen LogP contribution in [0.4, 0.5) is 0 Å². The van der Waals surface area contributed by atoms with Crippen molar-refractivity contribution in [2.75, 3.05) is 0 Å². The summed E-state index contributed by atoms with van der Waals surface area (Å²) in [6, 6.07) is 0. The van der Waals surface area contributed by atoms with Crippen molar-refractivity contribution in [3.63, 3.8) is 0 Å². The second-order valence-electron chi connectivity index (χ2n) is 15.9. The predicted octanol–water partition coefficient (Wildman–Crippen LogP) is 4.92. The summed E-state index contributed by atoms with van der Waals surface area (Å²) in [6.45, 7) is 18.7. The third kappa shape index (κ3) is 5.97. The van der Waals surface area contributed by atoms with Crippen LogP contribution in [0.3, 0.4) is 0 Å². The number of allylic oxidation sites excluding steroid dienone is 1. The zero-order valence-electron chi connectivity index (χ0n) is 27.9. The maximum Gasteiger partial charge on any atom is 0.303 e. The molecule has 8 heteroatoms. The van der Waals surface area contributed by atoms with Crippen LogP contribution in [-0.2, 0) is 19.0 Å². The molecule has 0 aromatic carbocycles. The number of hydrogen-bond donors (Lipinski definition) is 4. The Hall–Kier alpha value is -1.29. The van der Waals surface area contributed by atoms with Crippen molar-refractivity contribution in [3.05, 3.63) is 23.8 Å². The zero-order valence-corrected chi connectivity index (χ0v) is 27.9. The van der Waals surface area contributed by atoms with Crippen molar-refractivity contribution in [2.24, 2.45) is 46.3 Å². The van der Waals surface area contributed by atoms with E-state index in [4.69, 9.17) is 14.2 Å². The van der Waals surface area contributed by atoms with Gasteiger partial charge in [-0.2, -0.15) is 0 Å². The SMILES string of the molecule is C=C(CC[C@@H](C)[C@H]1[C@@H](O)C[C@H]2[C@@H]3[C@@H](O)C=C4C[C@@H](O[C@@H]5O[C@@H](C)[C@@H](OC(C)=O)[C@@H](O)[C@@H]5O)CC[C@]4(C)[C@H]3CC[C@]12C)C(C)C. The number of esters is 1. The fraction of sp³-hybridized carbons (Fsp3) is 0.861. The molecule has 44 heavy (non-hydrogen) atoms. The van der Waals surface area contributed by atoms with E-state index in [0.29, 0.717) is 24.2 Å². The summed E-state index contributed by atoms with van der Waals surface area (Å²) in [6.07, 6.45) is 2.85. The van der Waals surface area contributed by atoms with Gasteiger partial charge in [0, 0.05) is 6.92 Å². The number of hydrogen-bond acceptors (Lipinski definition) is 8. The van der Waals surface area contributed by atoms with Gasteiger partial charge in [0.2, 0.25) is 0 Å². The number of carbonyl (C=O) groups is 1. The Morgan fingerprint density at radius 1 is 1.09 bits per heavy atom. The van der Waals surface area contributed by atoms with E-state index in [-0.39, 0.29) is 40.8 Å². The molecule has 250 valence electrons. The molecule has 1 aliphatic heterocycles. The van der Waals surface area contributed by atoms with E-state index in [2.05, 4.69) is 47.3 Å². The molecule has 1 saturated heterocycles. The van der Waals surface area contributed by atoms with Gasteiger partial charge < -0.3 is 34.6 Å². The third-order valence-corrected chi connectivity index (χ3v) is 12.9. The van der Waals surface area contributed by atoms with Crippen molar-refractivity contribution in [3.8, 4) is 0 Å². The Balaban J connectivity index is 1.28. The number of carbonyl (C=O) groups excluding carboxylic acids is 1. The van der Waals surface area contributed by atoms with E-state index >= 15 is 0 Å². The van der Waals surface area contributed by atoms with Crippen molar-refractivity contribution in [2.45, 2.75) is 149 Å². The summed E-state index contributed by atoms with van der Waals surface area (Å²) in [5.74, 6) is 1.28. The zero-order chi connectivity index (χ0) is 32.3. The quantitative estimate of drug-likeness (QED) is 0.223. The lowest BCUT2D eigenvalue weighted by atomic mass is 9.46. The second kappa shape index (κ2) is 12.7. The normalized spacial score (nSPS) is 47.7. The molecule has 4 N–H and O–H groups in total. The number of aliphatic hydroxyl groups excluding tert-OH is 4. The third-order valence-electron chi connectivity index (χ3n) is 12.9. The van der Waals surface area contributed by atoms with Crippen LogP contribution in [0.2, 0.25) is 0 Å². The number of fused-ring (bicyclic) bond motifs is 5. The molecule has 3 saturated carbocycles. The number of ether oxygens (including phenoxy) is 3. The first kappa shape index (κ1) is 34.1. The molecule has 0 bridgehead atoms. The van der Waals surface area contributed by atoms with Crippen LogP contribution < -0.4 is 0 Å². The lowest BCUT2D eigenvalue weighted by Crippen LogP contribution is -2.59. The van der Waals surface area contributed by atoms with Crippen LogP contribution in [-0.4, -0.2) is 75.4 Å². The molecule has 8 nitrogen and oxygen atoms in total. The van der Waals surface area contributed by atoms with E-state index in [1.807, 2.05) is 0 Å². The van der Waals surface area contributed by atoms with E-state index in [9.17, 15) is 25.2 Å². The minimum Gasteiger partial charge on any atom is -0.457 e. The van der Waals surface area contributed by atoms with Gasteiger partial charge in [-0.1, -0.05) is 58.4 Å². The van der Waals surface area contributed by atoms with Gasteiger partial charge in [-0.05, 0) is 105 Å². The molecule has 0 spiro atoms. The van der Waals surface area contributed by atoms with Gasteiger partial charge >= 0.3 is 5.97 Å². The lowest BCUT2D eigenvalue weighted by molar-refractivity contribution is -0.307. The summed E-state index contributed by atoms with van der Waals surface area (Å²) in [4.78, 5) is 11.5. The Morgan fingerprint density at radius 2 is 1.80 bits per heavy atom. The topological polar surface area (TPSA) is 126 Å². The molecule has 4 fully saturated rings. The van der Waals surface area contributed by atoms with Gasteiger partial charge in [-0.25, -0.2) is 0 Å². The largest absolute Gasteiger partial charge is 0.457 e. The molecule has 0 unspecified atom stereocenters. The molecular formula is C36H58O8. The first-order chi connectivity index (χ1) is 20.6. The maximum absolute atomic E-state index is 11.7. The minimum absolute atomic E-state index is 0.00187. The molecule has 0 amide bonds. The van der Waals surface area contributed by atoms with E-state index in [1.54, 1.807) is 6.92 Å². The average Bonchev–Trinajstić information content (AvgIpc) is 3.22. The lowest BCUT2D eigenvalue weighted by Gasteiger charge is -2.59. The van der Waals surface area contributed by atoms with Crippen molar-refractivity contribution in [1.82, 2.24) is 0 Å². The smallest absolute Gasteiger partial charge is 0.303 e. The fourth-order valence-corrected chi connectivity index (χ4v) is 10.4. The van der Waals surface area contributed by atoms with Crippen LogP contribution in [0.25, 0.3) is 0 Å². The average molecular weight is 619 g/mol.